The van der Waals surface area contributed by atoms with E-state index in [-0.39, 0.29) is 0 Å². The number of carbonyl (C=O) groups is 3. The smallest absolute Gasteiger partial charge is 0.338 e. The molecule has 2 aromatic carbocycles. The van der Waals surface area contributed by atoms with Crippen molar-refractivity contribution >= 4 is 29.6 Å². The summed E-state index contributed by atoms with van der Waals surface area (Å²) in [6.45, 7) is 5.84. The van der Waals surface area contributed by atoms with Gasteiger partial charge in [-0.1, -0.05) is 38.1 Å². The van der Waals surface area contributed by atoms with Crippen LogP contribution >= 0.6 is 0 Å². The maximum atomic E-state index is 11.9. The second kappa shape index (κ2) is 10.8. The van der Waals surface area contributed by atoms with Crippen LogP contribution in [0.5, 0.6) is 0 Å². The molecule has 0 saturated heterocycles. The lowest BCUT2D eigenvalue weighted by atomic mass is 10.0. The minimum absolute atomic E-state index is 0.292. The highest BCUT2D eigenvalue weighted by Gasteiger charge is 2.08. The number of carbonyl (C=O) groups excluding carboxylic acids is 3. The highest BCUT2D eigenvalue weighted by molar-refractivity contribution is 5.95. The van der Waals surface area contributed by atoms with Gasteiger partial charge in [-0.3, -0.25) is 4.79 Å². The fourth-order valence-corrected chi connectivity index (χ4v) is 2.44. The number of hydrogen-bond donors (Lipinski definition) is 1. The molecule has 6 heteroatoms. The molecule has 1 N–H and O–H groups in total. The van der Waals surface area contributed by atoms with Gasteiger partial charge in [0.2, 0.25) is 0 Å². The van der Waals surface area contributed by atoms with Crippen LogP contribution in [0.25, 0.3) is 6.08 Å². The van der Waals surface area contributed by atoms with E-state index in [1.807, 2.05) is 24.3 Å². The summed E-state index contributed by atoms with van der Waals surface area (Å²) in [4.78, 5) is 35.3. The third-order valence-electron chi connectivity index (χ3n) is 4.04. The van der Waals surface area contributed by atoms with E-state index in [1.54, 1.807) is 37.3 Å². The van der Waals surface area contributed by atoms with Crippen LogP contribution in [0.2, 0.25) is 0 Å². The summed E-state index contributed by atoms with van der Waals surface area (Å²) in [5.74, 6) is -1.06. The molecular weight excluding hydrogens is 370 g/mol. The van der Waals surface area contributed by atoms with Gasteiger partial charge < -0.3 is 14.8 Å². The van der Waals surface area contributed by atoms with Crippen molar-refractivity contribution in [1.29, 1.82) is 0 Å². The van der Waals surface area contributed by atoms with Gasteiger partial charge in [-0.15, -0.1) is 0 Å². The van der Waals surface area contributed by atoms with E-state index in [1.165, 1.54) is 11.6 Å². The number of ether oxygens (including phenoxy) is 2. The fourth-order valence-electron chi connectivity index (χ4n) is 2.44. The van der Waals surface area contributed by atoms with Crippen molar-refractivity contribution in [2.24, 2.45) is 0 Å². The second-order valence-electron chi connectivity index (χ2n) is 6.61. The van der Waals surface area contributed by atoms with Gasteiger partial charge in [-0.25, -0.2) is 9.59 Å². The molecule has 1 amide bonds. The average molecular weight is 395 g/mol. The van der Waals surface area contributed by atoms with Gasteiger partial charge in [0.15, 0.2) is 6.61 Å². The summed E-state index contributed by atoms with van der Waals surface area (Å²) in [7, 11) is 0. The van der Waals surface area contributed by atoms with E-state index in [0.29, 0.717) is 23.8 Å². The molecule has 6 nitrogen and oxygen atoms in total. The third-order valence-corrected chi connectivity index (χ3v) is 4.04. The molecule has 0 unspecified atom stereocenters. The Morgan fingerprint density at radius 2 is 1.62 bits per heavy atom. The summed E-state index contributed by atoms with van der Waals surface area (Å²) in [5.41, 5.74) is 2.97. The van der Waals surface area contributed by atoms with Crippen LogP contribution in [-0.4, -0.2) is 31.1 Å². The summed E-state index contributed by atoms with van der Waals surface area (Å²) in [6, 6.07) is 14.1. The van der Waals surface area contributed by atoms with Crippen LogP contribution in [0.3, 0.4) is 0 Å². The van der Waals surface area contributed by atoms with E-state index in [4.69, 9.17) is 9.47 Å². The van der Waals surface area contributed by atoms with Gasteiger partial charge >= 0.3 is 11.9 Å². The van der Waals surface area contributed by atoms with Crippen LogP contribution in [-0.2, 0) is 19.1 Å². The second-order valence-corrected chi connectivity index (χ2v) is 6.61. The number of hydrogen-bond acceptors (Lipinski definition) is 5. The van der Waals surface area contributed by atoms with Crippen LogP contribution < -0.4 is 5.32 Å². The third kappa shape index (κ3) is 7.25. The van der Waals surface area contributed by atoms with Gasteiger partial charge in [0.25, 0.3) is 5.91 Å². The zero-order chi connectivity index (χ0) is 21.2. The van der Waals surface area contributed by atoms with Crippen LogP contribution in [0.1, 0.15) is 48.2 Å². The minimum atomic E-state index is -0.606. The monoisotopic (exact) mass is 395 g/mol. The molecule has 0 aliphatic carbocycles. The van der Waals surface area contributed by atoms with Gasteiger partial charge in [0.1, 0.15) is 0 Å². The molecule has 0 bridgehead atoms. The van der Waals surface area contributed by atoms with E-state index in [9.17, 15) is 14.4 Å². The predicted octanol–water partition coefficient (Wildman–Crippen LogP) is 4.18. The Kier molecular flexibility index (Phi) is 8.15. The predicted molar refractivity (Wildman–Crippen MR) is 112 cm³/mol. The van der Waals surface area contributed by atoms with E-state index >= 15 is 0 Å². The molecule has 0 atom stereocenters. The molecule has 0 aromatic heterocycles. The summed E-state index contributed by atoms with van der Waals surface area (Å²) in [6.07, 6.45) is 2.92. The average Bonchev–Trinajstić information content (AvgIpc) is 2.71. The first-order valence-corrected chi connectivity index (χ1v) is 9.41. The lowest BCUT2D eigenvalue weighted by molar-refractivity contribution is -0.142. The topological polar surface area (TPSA) is 81.7 Å². The van der Waals surface area contributed by atoms with Crippen molar-refractivity contribution in [3.05, 3.63) is 71.3 Å². The number of rotatable bonds is 8. The number of anilines is 1. The summed E-state index contributed by atoms with van der Waals surface area (Å²) < 4.78 is 9.84. The minimum Gasteiger partial charge on any atom is -0.462 e. The van der Waals surface area contributed by atoms with Crippen molar-refractivity contribution in [2.75, 3.05) is 18.5 Å². The maximum Gasteiger partial charge on any atom is 0.338 e. The van der Waals surface area contributed by atoms with E-state index in [0.717, 1.165) is 5.56 Å². The highest BCUT2D eigenvalue weighted by atomic mass is 16.5. The van der Waals surface area contributed by atoms with Crippen LogP contribution in [0, 0.1) is 0 Å². The maximum absolute atomic E-state index is 11.9. The van der Waals surface area contributed by atoms with E-state index < -0.39 is 24.5 Å². The van der Waals surface area contributed by atoms with Crippen molar-refractivity contribution in [1.82, 2.24) is 0 Å². The number of benzene rings is 2. The largest absolute Gasteiger partial charge is 0.462 e. The molecule has 0 aliphatic heterocycles. The zero-order valence-corrected chi connectivity index (χ0v) is 16.8. The van der Waals surface area contributed by atoms with Crippen molar-refractivity contribution in [3.63, 3.8) is 0 Å². The normalized spacial score (nSPS) is 10.8. The molecule has 0 saturated carbocycles. The quantitative estimate of drug-likeness (QED) is 0.536. The van der Waals surface area contributed by atoms with Crippen molar-refractivity contribution < 1.29 is 23.9 Å². The Balaban J connectivity index is 1.79. The summed E-state index contributed by atoms with van der Waals surface area (Å²) >= 11 is 0. The molecule has 0 aliphatic rings. The highest BCUT2D eigenvalue weighted by Crippen LogP contribution is 2.15. The standard InChI is InChI=1S/C23H25NO5/c1-4-28-23(27)19-10-12-20(13-11-19)24-21(25)15-29-22(26)14-7-17-5-8-18(9-6-17)16(2)3/h5-14,16H,4,15H2,1-3H3,(H,24,25)/b14-7+. The molecule has 0 fully saturated rings. The van der Waals surface area contributed by atoms with Crippen LogP contribution in [0.4, 0.5) is 5.69 Å². The zero-order valence-electron chi connectivity index (χ0n) is 16.8. The Morgan fingerprint density at radius 3 is 2.21 bits per heavy atom. The lowest BCUT2D eigenvalue weighted by Gasteiger charge is -2.07. The molecule has 0 radical (unpaired) electrons. The Morgan fingerprint density at radius 1 is 0.966 bits per heavy atom. The molecule has 2 aromatic rings. The van der Waals surface area contributed by atoms with E-state index in [2.05, 4.69) is 19.2 Å². The number of amides is 1. The van der Waals surface area contributed by atoms with Crippen LogP contribution in [0.15, 0.2) is 54.6 Å². The molecular formula is C23H25NO5. The fraction of sp³-hybridized carbons (Fsp3) is 0.261. The first-order chi connectivity index (χ1) is 13.9. The SMILES string of the molecule is CCOC(=O)c1ccc(NC(=O)COC(=O)/C=C/c2ccc(C(C)C)cc2)cc1. The lowest BCUT2D eigenvalue weighted by Crippen LogP contribution is -2.20. The Labute approximate surface area is 170 Å². The molecule has 2 rings (SSSR count). The molecule has 29 heavy (non-hydrogen) atoms. The Bertz CT molecular complexity index is 867. The van der Waals surface area contributed by atoms with Gasteiger partial charge in [-0.05, 0) is 54.3 Å². The molecule has 0 spiro atoms. The number of esters is 2. The molecule has 0 heterocycles. The van der Waals surface area contributed by atoms with Gasteiger partial charge in [0, 0.05) is 11.8 Å². The number of nitrogens with one attached hydrogen (secondary N) is 1. The first-order valence-electron chi connectivity index (χ1n) is 9.41. The molecule has 152 valence electrons. The van der Waals surface area contributed by atoms with Crippen molar-refractivity contribution in [2.45, 2.75) is 26.7 Å². The Hall–Kier alpha value is -3.41. The summed E-state index contributed by atoms with van der Waals surface area (Å²) in [5, 5.41) is 2.59. The first kappa shape index (κ1) is 21.9. The van der Waals surface area contributed by atoms with Gasteiger partial charge in [0.05, 0.1) is 12.2 Å². The van der Waals surface area contributed by atoms with Gasteiger partial charge in [-0.2, -0.15) is 0 Å². The van der Waals surface area contributed by atoms with Crippen molar-refractivity contribution in [3.8, 4) is 0 Å².